The van der Waals surface area contributed by atoms with Crippen LogP contribution in [0.5, 0.6) is 0 Å². The summed E-state index contributed by atoms with van der Waals surface area (Å²) in [6.07, 6.45) is -0.563. The van der Waals surface area contributed by atoms with Crippen LogP contribution in [0.3, 0.4) is 0 Å². The number of carbonyl (C=O) groups is 4. The second kappa shape index (κ2) is 11.6. The van der Waals surface area contributed by atoms with Gasteiger partial charge in [-0.15, -0.1) is 0 Å². The quantitative estimate of drug-likeness (QED) is 0.250. The summed E-state index contributed by atoms with van der Waals surface area (Å²) in [5.41, 5.74) is 7.38. The monoisotopic (exact) mass is 481 g/mol. The first kappa shape index (κ1) is 25.2. The number of carboxylic acid groups (broad SMARTS) is 1. The van der Waals surface area contributed by atoms with Gasteiger partial charge in [-0.3, -0.25) is 15.0 Å². The van der Waals surface area contributed by atoms with Crippen LogP contribution in [-0.2, 0) is 25.7 Å². The summed E-state index contributed by atoms with van der Waals surface area (Å²) < 4.78 is 5.02. The van der Waals surface area contributed by atoms with Gasteiger partial charge in [-0.05, 0) is 36.2 Å². The second-order valence-corrected chi connectivity index (χ2v) is 8.04. The number of rotatable bonds is 10. The highest BCUT2D eigenvalue weighted by Gasteiger charge is 2.34. The molecule has 1 aliphatic rings. The molecule has 1 unspecified atom stereocenters. The molecule has 11 nitrogen and oxygen atoms in total. The van der Waals surface area contributed by atoms with Gasteiger partial charge in [-0.25, -0.2) is 9.59 Å². The van der Waals surface area contributed by atoms with Gasteiger partial charge in [-0.1, -0.05) is 30.3 Å². The fourth-order valence-corrected chi connectivity index (χ4v) is 3.62. The minimum Gasteiger partial charge on any atom is -0.480 e. The van der Waals surface area contributed by atoms with Crippen molar-refractivity contribution in [2.24, 2.45) is 11.7 Å². The Labute approximate surface area is 201 Å². The van der Waals surface area contributed by atoms with Gasteiger partial charge < -0.3 is 31.1 Å². The molecule has 0 spiro atoms. The zero-order chi connectivity index (χ0) is 25.4. The van der Waals surface area contributed by atoms with Crippen molar-refractivity contribution in [2.75, 3.05) is 18.0 Å². The van der Waals surface area contributed by atoms with Gasteiger partial charge in [0.15, 0.2) is 0 Å². The number of hydrogen-bond donors (Lipinski definition) is 5. The molecule has 3 amide bonds. The van der Waals surface area contributed by atoms with Gasteiger partial charge in [0.2, 0.25) is 11.8 Å². The van der Waals surface area contributed by atoms with E-state index in [1.54, 1.807) is 53.4 Å². The number of nitrogens with two attached hydrogens (primary N) is 1. The van der Waals surface area contributed by atoms with Crippen LogP contribution in [0, 0.1) is 11.3 Å². The number of nitrogens with zero attached hydrogens (tertiary/aromatic N) is 1. The van der Waals surface area contributed by atoms with E-state index >= 15 is 0 Å². The lowest BCUT2D eigenvalue weighted by Crippen LogP contribution is -2.48. The molecule has 6 N–H and O–H groups in total. The van der Waals surface area contributed by atoms with Crippen LogP contribution in [0.4, 0.5) is 10.5 Å². The fraction of sp³-hybridized carbons (Fsp3) is 0.292. The number of anilines is 1. The van der Waals surface area contributed by atoms with Crippen molar-refractivity contribution in [3.8, 4) is 0 Å². The van der Waals surface area contributed by atoms with Crippen molar-refractivity contribution in [1.29, 1.82) is 5.41 Å². The zero-order valence-electron chi connectivity index (χ0n) is 18.9. The van der Waals surface area contributed by atoms with E-state index in [-0.39, 0.29) is 31.3 Å². The van der Waals surface area contributed by atoms with Crippen LogP contribution in [-0.4, -0.2) is 54.0 Å². The van der Waals surface area contributed by atoms with Gasteiger partial charge in [0.1, 0.15) is 18.5 Å². The molecule has 184 valence electrons. The third-order valence-electron chi connectivity index (χ3n) is 5.54. The Balaban J connectivity index is 1.46. The molecule has 1 saturated heterocycles. The number of aliphatic carboxylic acids is 1. The van der Waals surface area contributed by atoms with E-state index in [0.29, 0.717) is 24.2 Å². The van der Waals surface area contributed by atoms with Crippen LogP contribution >= 0.6 is 0 Å². The number of amides is 3. The summed E-state index contributed by atoms with van der Waals surface area (Å²) >= 11 is 0. The maximum Gasteiger partial charge on any atom is 0.408 e. The first-order valence-electron chi connectivity index (χ1n) is 11.0. The normalized spacial score (nSPS) is 15.8. The van der Waals surface area contributed by atoms with Crippen molar-refractivity contribution in [3.63, 3.8) is 0 Å². The van der Waals surface area contributed by atoms with Crippen molar-refractivity contribution in [3.05, 3.63) is 65.7 Å². The maximum atomic E-state index is 12.8. The molecule has 3 rings (SSSR count). The molecule has 0 bridgehead atoms. The Morgan fingerprint density at radius 2 is 1.83 bits per heavy atom. The number of ether oxygens (including phenoxy) is 1. The average molecular weight is 482 g/mol. The molecule has 35 heavy (non-hydrogen) atoms. The van der Waals surface area contributed by atoms with E-state index in [1.165, 1.54) is 0 Å². The van der Waals surface area contributed by atoms with E-state index in [4.69, 9.17) is 15.9 Å². The van der Waals surface area contributed by atoms with Crippen LogP contribution in [0.15, 0.2) is 54.6 Å². The summed E-state index contributed by atoms with van der Waals surface area (Å²) in [4.78, 5) is 50.1. The topological polar surface area (TPSA) is 175 Å². The number of amidine groups is 1. The summed E-state index contributed by atoms with van der Waals surface area (Å²) in [5.74, 6) is -2.66. The zero-order valence-corrected chi connectivity index (χ0v) is 18.9. The standard InChI is InChI=1S/C24H27N5O6/c25-21(26)16-6-8-18(9-7-16)29-11-10-17(22(29)31)12-20(30)27-13-19(23(32)33)28-24(34)35-14-15-4-2-1-3-5-15/h1-9,17,19H,10-14H2,(H3,25,26)(H,27,30)(H,28,34)(H,32,33)/t17?,19-/m0/s1. The molecule has 0 aromatic heterocycles. The molecule has 11 heteroatoms. The number of hydrogen-bond acceptors (Lipinski definition) is 6. The highest BCUT2D eigenvalue weighted by molar-refractivity contribution is 6.00. The Morgan fingerprint density at radius 1 is 1.14 bits per heavy atom. The SMILES string of the molecule is N=C(N)c1ccc(N2CCC(CC(=O)NC[C@H](NC(=O)OCc3ccccc3)C(=O)O)C2=O)cc1. The van der Waals surface area contributed by atoms with Gasteiger partial charge >= 0.3 is 12.1 Å². The summed E-state index contributed by atoms with van der Waals surface area (Å²) in [6.45, 7) is 0.0532. The summed E-state index contributed by atoms with van der Waals surface area (Å²) in [5, 5.41) is 21.5. The fourth-order valence-electron chi connectivity index (χ4n) is 3.62. The van der Waals surface area contributed by atoms with Crippen LogP contribution in [0.1, 0.15) is 24.0 Å². The van der Waals surface area contributed by atoms with Gasteiger partial charge in [0.05, 0.1) is 0 Å². The molecular formula is C24H27N5O6. The molecular weight excluding hydrogens is 454 g/mol. The third-order valence-corrected chi connectivity index (χ3v) is 5.54. The predicted octanol–water partition coefficient (Wildman–Crippen LogP) is 1.21. The van der Waals surface area contributed by atoms with Crippen molar-refractivity contribution in [2.45, 2.75) is 25.5 Å². The largest absolute Gasteiger partial charge is 0.480 e. The number of carboxylic acids is 1. The van der Waals surface area contributed by atoms with Crippen LogP contribution in [0.2, 0.25) is 0 Å². The minimum absolute atomic E-state index is 0.0247. The summed E-state index contributed by atoms with van der Waals surface area (Å²) in [7, 11) is 0. The Bertz CT molecular complexity index is 1090. The summed E-state index contributed by atoms with van der Waals surface area (Å²) in [6, 6.07) is 14.2. The van der Waals surface area contributed by atoms with Gasteiger partial charge in [0, 0.05) is 36.7 Å². The minimum atomic E-state index is -1.39. The molecule has 2 atom stereocenters. The lowest BCUT2D eigenvalue weighted by atomic mass is 10.0. The smallest absolute Gasteiger partial charge is 0.408 e. The number of nitrogen functional groups attached to an aromatic ring is 1. The van der Waals surface area contributed by atoms with Crippen LogP contribution in [0.25, 0.3) is 0 Å². The first-order valence-corrected chi connectivity index (χ1v) is 11.0. The maximum absolute atomic E-state index is 12.8. The molecule has 1 fully saturated rings. The third kappa shape index (κ3) is 7.03. The van der Waals surface area contributed by atoms with Gasteiger partial charge in [-0.2, -0.15) is 0 Å². The number of alkyl carbamates (subject to hydrolysis) is 1. The van der Waals surface area contributed by atoms with E-state index in [1.807, 2.05) is 6.07 Å². The Morgan fingerprint density at radius 3 is 2.46 bits per heavy atom. The van der Waals surface area contributed by atoms with Crippen molar-refractivity contribution >= 4 is 35.4 Å². The van der Waals surface area contributed by atoms with E-state index in [9.17, 15) is 24.3 Å². The van der Waals surface area contributed by atoms with E-state index in [0.717, 1.165) is 5.56 Å². The molecule has 0 aliphatic carbocycles. The second-order valence-electron chi connectivity index (χ2n) is 8.04. The lowest BCUT2D eigenvalue weighted by molar-refractivity contribution is -0.139. The van der Waals surface area contributed by atoms with Crippen LogP contribution < -0.4 is 21.3 Å². The molecule has 0 radical (unpaired) electrons. The molecule has 2 aromatic carbocycles. The number of benzene rings is 2. The van der Waals surface area contributed by atoms with Gasteiger partial charge in [0.25, 0.3) is 0 Å². The highest BCUT2D eigenvalue weighted by atomic mass is 16.5. The average Bonchev–Trinajstić information content (AvgIpc) is 3.20. The van der Waals surface area contributed by atoms with Crippen molar-refractivity contribution in [1.82, 2.24) is 10.6 Å². The number of carbonyl (C=O) groups excluding carboxylic acids is 3. The number of nitrogens with one attached hydrogen (secondary N) is 3. The predicted molar refractivity (Wildman–Crippen MR) is 127 cm³/mol. The first-order chi connectivity index (χ1) is 16.7. The van der Waals surface area contributed by atoms with E-state index in [2.05, 4.69) is 10.6 Å². The van der Waals surface area contributed by atoms with E-state index < -0.39 is 29.9 Å². The molecule has 1 heterocycles. The lowest BCUT2D eigenvalue weighted by Gasteiger charge is -2.18. The Hall–Kier alpha value is -4.41. The molecule has 2 aromatic rings. The molecule has 0 saturated carbocycles. The van der Waals surface area contributed by atoms with Crippen molar-refractivity contribution < 1.29 is 29.0 Å². The molecule has 1 aliphatic heterocycles. The highest BCUT2D eigenvalue weighted by Crippen LogP contribution is 2.27. The Kier molecular flexibility index (Phi) is 8.38.